The number of rotatable bonds is 5. The second-order valence-electron chi connectivity index (χ2n) is 2.86. The number of hydrogen-bond donors (Lipinski definition) is 2. The van der Waals surface area contributed by atoms with Gasteiger partial charge in [0.1, 0.15) is 0 Å². The minimum atomic E-state index is 0.389. The van der Waals surface area contributed by atoms with E-state index in [1.54, 1.807) is 6.20 Å². The maximum Gasteiger partial charge on any atom is 0.0534 e. The number of nitrogens with one attached hydrogen (secondary N) is 1. The first-order valence-corrected chi connectivity index (χ1v) is 4.24. The Hall–Kier alpha value is -0.870. The van der Waals surface area contributed by atoms with Gasteiger partial charge >= 0.3 is 0 Å². The first-order valence-electron chi connectivity index (χ1n) is 4.24. The molecule has 1 heterocycles. The lowest BCUT2D eigenvalue weighted by atomic mass is 10.3. The molecule has 1 aromatic heterocycles. The minimum Gasteiger partial charge on any atom is -0.329 e. The summed E-state index contributed by atoms with van der Waals surface area (Å²) >= 11 is 0. The molecule has 0 unspecified atom stereocenters. The fraction of sp³-hybridized carbons (Fsp3) is 0.625. The van der Waals surface area contributed by atoms with E-state index in [9.17, 15) is 0 Å². The summed E-state index contributed by atoms with van der Waals surface area (Å²) in [6.45, 7) is 4.57. The van der Waals surface area contributed by atoms with Gasteiger partial charge in [-0.05, 0) is 13.0 Å². The van der Waals surface area contributed by atoms with Crippen molar-refractivity contribution in [3.63, 3.8) is 0 Å². The van der Waals surface area contributed by atoms with Gasteiger partial charge in [-0.1, -0.05) is 0 Å². The topological polar surface area (TPSA) is 55.9 Å². The van der Waals surface area contributed by atoms with E-state index >= 15 is 0 Å². The van der Waals surface area contributed by atoms with Crippen LogP contribution in [0.3, 0.4) is 0 Å². The van der Waals surface area contributed by atoms with E-state index in [1.165, 1.54) is 0 Å². The third kappa shape index (κ3) is 3.02. The lowest BCUT2D eigenvalue weighted by Crippen LogP contribution is -2.35. The number of aromatic nitrogens is 2. The highest BCUT2D eigenvalue weighted by Gasteiger charge is 1.96. The largest absolute Gasteiger partial charge is 0.329 e. The molecule has 0 saturated carbocycles. The van der Waals surface area contributed by atoms with Gasteiger partial charge in [0, 0.05) is 31.5 Å². The summed E-state index contributed by atoms with van der Waals surface area (Å²) in [7, 11) is 0. The van der Waals surface area contributed by atoms with E-state index < -0.39 is 0 Å². The van der Waals surface area contributed by atoms with Crippen molar-refractivity contribution in [2.24, 2.45) is 5.73 Å². The SMILES string of the molecule is C[C@@H](CN)NCCn1cccn1. The van der Waals surface area contributed by atoms with Gasteiger partial charge < -0.3 is 11.1 Å². The second kappa shape index (κ2) is 4.90. The van der Waals surface area contributed by atoms with Crippen LogP contribution in [0.1, 0.15) is 6.92 Å². The van der Waals surface area contributed by atoms with Crippen LogP contribution in [0.4, 0.5) is 0 Å². The van der Waals surface area contributed by atoms with Gasteiger partial charge in [-0.15, -0.1) is 0 Å². The van der Waals surface area contributed by atoms with Crippen LogP contribution in [-0.4, -0.2) is 28.9 Å². The lowest BCUT2D eigenvalue weighted by Gasteiger charge is -2.10. The van der Waals surface area contributed by atoms with E-state index in [4.69, 9.17) is 5.73 Å². The Morgan fingerprint density at radius 1 is 1.67 bits per heavy atom. The average Bonchev–Trinajstić information content (AvgIpc) is 2.57. The highest BCUT2D eigenvalue weighted by atomic mass is 15.3. The highest BCUT2D eigenvalue weighted by molar-refractivity contribution is 4.77. The molecule has 1 aromatic rings. The van der Waals surface area contributed by atoms with Crippen molar-refractivity contribution in [3.05, 3.63) is 18.5 Å². The highest BCUT2D eigenvalue weighted by Crippen LogP contribution is 1.83. The van der Waals surface area contributed by atoms with Crippen LogP contribution in [0, 0.1) is 0 Å². The second-order valence-corrected chi connectivity index (χ2v) is 2.86. The lowest BCUT2D eigenvalue weighted by molar-refractivity contribution is 0.500. The molecule has 4 heteroatoms. The van der Waals surface area contributed by atoms with Gasteiger partial charge in [-0.25, -0.2) is 0 Å². The predicted octanol–water partition coefficient (Wildman–Crippen LogP) is -0.180. The van der Waals surface area contributed by atoms with Crippen LogP contribution in [0.2, 0.25) is 0 Å². The molecule has 0 bridgehead atoms. The Bertz CT molecular complexity index is 195. The van der Waals surface area contributed by atoms with Crippen molar-refractivity contribution in [1.29, 1.82) is 0 Å². The fourth-order valence-electron chi connectivity index (χ4n) is 0.942. The molecule has 0 aromatic carbocycles. The first-order chi connectivity index (χ1) is 5.83. The molecule has 12 heavy (non-hydrogen) atoms. The van der Waals surface area contributed by atoms with Gasteiger partial charge in [0.15, 0.2) is 0 Å². The summed E-state index contributed by atoms with van der Waals surface area (Å²) in [6.07, 6.45) is 3.74. The molecule has 1 rings (SSSR count). The molecule has 0 saturated heterocycles. The van der Waals surface area contributed by atoms with Crippen LogP contribution in [-0.2, 0) is 6.54 Å². The van der Waals surface area contributed by atoms with Gasteiger partial charge in [-0.3, -0.25) is 4.68 Å². The zero-order chi connectivity index (χ0) is 8.81. The van der Waals surface area contributed by atoms with Crippen molar-refractivity contribution >= 4 is 0 Å². The third-order valence-electron chi connectivity index (χ3n) is 1.75. The van der Waals surface area contributed by atoms with E-state index in [1.807, 2.05) is 16.9 Å². The van der Waals surface area contributed by atoms with Crippen LogP contribution in [0.5, 0.6) is 0 Å². The number of nitrogens with two attached hydrogens (primary N) is 1. The Balaban J connectivity index is 2.11. The van der Waals surface area contributed by atoms with Gasteiger partial charge in [0.2, 0.25) is 0 Å². The minimum absolute atomic E-state index is 0.389. The standard InChI is InChI=1S/C8H16N4/c1-8(7-9)10-4-6-12-5-2-3-11-12/h2-3,5,8,10H,4,6-7,9H2,1H3/t8-/m0/s1. The summed E-state index contributed by atoms with van der Waals surface area (Å²) in [5.74, 6) is 0. The maximum atomic E-state index is 5.45. The molecule has 0 aliphatic heterocycles. The van der Waals surface area contributed by atoms with E-state index in [0.717, 1.165) is 13.1 Å². The normalized spacial score (nSPS) is 13.2. The van der Waals surface area contributed by atoms with Crippen molar-refractivity contribution in [2.75, 3.05) is 13.1 Å². The van der Waals surface area contributed by atoms with Crippen molar-refractivity contribution in [1.82, 2.24) is 15.1 Å². The molecule has 0 fully saturated rings. The zero-order valence-corrected chi connectivity index (χ0v) is 7.40. The molecule has 0 aliphatic rings. The first kappa shape index (κ1) is 9.22. The molecule has 0 radical (unpaired) electrons. The average molecular weight is 168 g/mol. The number of hydrogen-bond acceptors (Lipinski definition) is 3. The molecule has 0 aliphatic carbocycles. The molecule has 68 valence electrons. The van der Waals surface area contributed by atoms with Gasteiger partial charge in [0.05, 0.1) is 6.54 Å². The third-order valence-corrected chi connectivity index (χ3v) is 1.75. The Morgan fingerprint density at radius 2 is 2.50 bits per heavy atom. The van der Waals surface area contributed by atoms with Crippen molar-refractivity contribution < 1.29 is 0 Å². The summed E-state index contributed by atoms with van der Waals surface area (Å²) < 4.78 is 1.90. The van der Waals surface area contributed by atoms with Crippen molar-refractivity contribution in [3.8, 4) is 0 Å². The van der Waals surface area contributed by atoms with Crippen LogP contribution < -0.4 is 11.1 Å². The molecular formula is C8H16N4. The molecule has 4 nitrogen and oxygen atoms in total. The van der Waals surface area contributed by atoms with Crippen LogP contribution in [0.25, 0.3) is 0 Å². The molecule has 1 atom stereocenters. The van der Waals surface area contributed by atoms with Gasteiger partial charge in [-0.2, -0.15) is 5.10 Å². The Labute approximate surface area is 72.8 Å². The summed E-state index contributed by atoms with van der Waals surface area (Å²) in [5, 5.41) is 7.37. The zero-order valence-electron chi connectivity index (χ0n) is 7.40. The van der Waals surface area contributed by atoms with E-state index in [-0.39, 0.29) is 0 Å². The molecule has 0 amide bonds. The van der Waals surface area contributed by atoms with E-state index in [0.29, 0.717) is 12.6 Å². The molecular weight excluding hydrogens is 152 g/mol. The summed E-state index contributed by atoms with van der Waals surface area (Å²) in [6, 6.07) is 2.31. The summed E-state index contributed by atoms with van der Waals surface area (Å²) in [5.41, 5.74) is 5.45. The van der Waals surface area contributed by atoms with E-state index in [2.05, 4.69) is 17.3 Å². The Kier molecular flexibility index (Phi) is 3.76. The monoisotopic (exact) mass is 168 g/mol. The van der Waals surface area contributed by atoms with Gasteiger partial charge in [0.25, 0.3) is 0 Å². The van der Waals surface area contributed by atoms with Crippen LogP contribution in [0.15, 0.2) is 18.5 Å². The fourth-order valence-corrected chi connectivity index (χ4v) is 0.942. The predicted molar refractivity (Wildman–Crippen MR) is 48.7 cm³/mol. The van der Waals surface area contributed by atoms with Crippen molar-refractivity contribution in [2.45, 2.75) is 19.5 Å². The molecule has 3 N–H and O–H groups in total. The molecule has 0 spiro atoms. The Morgan fingerprint density at radius 3 is 3.08 bits per heavy atom. The van der Waals surface area contributed by atoms with Crippen LogP contribution >= 0.6 is 0 Å². The number of nitrogens with zero attached hydrogens (tertiary/aromatic N) is 2. The maximum absolute atomic E-state index is 5.45. The smallest absolute Gasteiger partial charge is 0.0534 e. The summed E-state index contributed by atoms with van der Waals surface area (Å²) in [4.78, 5) is 0. The quantitative estimate of drug-likeness (QED) is 0.641.